The van der Waals surface area contributed by atoms with Gasteiger partial charge in [-0.05, 0) is 23.6 Å². The number of hydrogen-bond donors (Lipinski definition) is 1. The van der Waals surface area contributed by atoms with Crippen LogP contribution in [0.1, 0.15) is 25.5 Å². The number of halogens is 1. The number of nitrogens with one attached hydrogen (secondary N) is 1. The predicted molar refractivity (Wildman–Crippen MR) is 100 cm³/mol. The van der Waals surface area contributed by atoms with Crippen LogP contribution in [-0.4, -0.2) is 69.2 Å². The highest BCUT2D eigenvalue weighted by atomic mass is 19.1. The fourth-order valence-electron chi connectivity index (χ4n) is 3.19. The van der Waals surface area contributed by atoms with Gasteiger partial charge in [0.25, 0.3) is 0 Å². The fourth-order valence-corrected chi connectivity index (χ4v) is 3.19. The van der Waals surface area contributed by atoms with Crippen LogP contribution in [0.15, 0.2) is 29.3 Å². The Morgan fingerprint density at radius 3 is 2.36 bits per heavy atom. The molecule has 1 saturated heterocycles. The van der Waals surface area contributed by atoms with Gasteiger partial charge in [-0.2, -0.15) is 0 Å². The quantitative estimate of drug-likeness (QED) is 0.632. The highest BCUT2D eigenvalue weighted by Crippen LogP contribution is 2.16. The third kappa shape index (κ3) is 5.97. The number of piperazine rings is 1. The number of benzene rings is 1. The first kappa shape index (κ1) is 19.7. The molecule has 1 aromatic rings. The topological polar surface area (TPSA) is 40.1 Å². The van der Waals surface area contributed by atoms with Crippen molar-refractivity contribution in [3.8, 4) is 0 Å². The van der Waals surface area contributed by atoms with Gasteiger partial charge in [0.2, 0.25) is 0 Å². The van der Waals surface area contributed by atoms with E-state index in [1.807, 2.05) is 7.05 Å². The Morgan fingerprint density at radius 2 is 1.84 bits per heavy atom. The number of ether oxygens (including phenoxy) is 1. The molecule has 0 bridgehead atoms. The lowest BCUT2D eigenvalue weighted by Crippen LogP contribution is -2.53. The third-order valence-electron chi connectivity index (χ3n) is 4.48. The zero-order chi connectivity index (χ0) is 18.2. The summed E-state index contributed by atoms with van der Waals surface area (Å²) in [5.74, 6) is 1.36. The van der Waals surface area contributed by atoms with Crippen molar-refractivity contribution in [1.82, 2.24) is 15.1 Å². The minimum absolute atomic E-state index is 0.139. The van der Waals surface area contributed by atoms with Gasteiger partial charge in [-0.3, -0.25) is 9.89 Å². The molecule has 1 aromatic carbocycles. The summed E-state index contributed by atoms with van der Waals surface area (Å²) in [5, 5.41) is 3.40. The van der Waals surface area contributed by atoms with Gasteiger partial charge in [0.1, 0.15) is 5.82 Å². The molecule has 1 N–H and O–H groups in total. The van der Waals surface area contributed by atoms with Gasteiger partial charge in [-0.25, -0.2) is 4.39 Å². The molecular formula is C19H31FN4O. The number of nitrogens with zero attached hydrogens (tertiary/aromatic N) is 3. The molecule has 0 aliphatic carbocycles. The average molecular weight is 350 g/mol. The number of aliphatic imine (C=N–C) groups is 1. The second-order valence-corrected chi connectivity index (χ2v) is 6.89. The molecule has 0 radical (unpaired) electrons. The number of hydrogen-bond acceptors (Lipinski definition) is 3. The molecule has 0 spiro atoms. The Morgan fingerprint density at radius 1 is 1.20 bits per heavy atom. The SMILES string of the molecule is CN=C(NCC(OC)c1ccc(F)cc1)N1CCN(CC(C)C)CC1. The van der Waals surface area contributed by atoms with E-state index in [0.717, 1.165) is 44.2 Å². The lowest BCUT2D eigenvalue weighted by Gasteiger charge is -2.37. The van der Waals surface area contributed by atoms with Crippen LogP contribution in [0, 0.1) is 11.7 Å². The van der Waals surface area contributed by atoms with E-state index in [2.05, 4.69) is 34.0 Å². The highest BCUT2D eigenvalue weighted by molar-refractivity contribution is 5.80. The molecule has 0 saturated carbocycles. The van der Waals surface area contributed by atoms with E-state index < -0.39 is 0 Å². The molecule has 0 amide bonds. The van der Waals surface area contributed by atoms with Crippen LogP contribution in [-0.2, 0) is 4.74 Å². The van der Waals surface area contributed by atoms with Crippen LogP contribution in [0.2, 0.25) is 0 Å². The van der Waals surface area contributed by atoms with E-state index >= 15 is 0 Å². The largest absolute Gasteiger partial charge is 0.375 e. The smallest absolute Gasteiger partial charge is 0.193 e. The lowest BCUT2D eigenvalue weighted by molar-refractivity contribution is 0.104. The van der Waals surface area contributed by atoms with Crippen molar-refractivity contribution in [2.75, 3.05) is 53.4 Å². The Balaban J connectivity index is 1.86. The van der Waals surface area contributed by atoms with Crippen molar-refractivity contribution < 1.29 is 9.13 Å². The van der Waals surface area contributed by atoms with Crippen LogP contribution in [0.3, 0.4) is 0 Å². The predicted octanol–water partition coefficient (Wildman–Crippen LogP) is 2.36. The second kappa shape index (κ2) is 9.73. The fraction of sp³-hybridized carbons (Fsp3) is 0.632. The molecule has 25 heavy (non-hydrogen) atoms. The standard InChI is InChI=1S/C19H31FN4O/c1-15(2)14-23-9-11-24(12-10-23)19(21-3)22-13-18(25-4)16-5-7-17(20)8-6-16/h5-8,15,18H,9-14H2,1-4H3,(H,21,22). The van der Waals surface area contributed by atoms with Gasteiger partial charge >= 0.3 is 0 Å². The molecule has 1 unspecified atom stereocenters. The van der Waals surface area contributed by atoms with Crippen molar-refractivity contribution in [1.29, 1.82) is 0 Å². The molecule has 1 aliphatic rings. The van der Waals surface area contributed by atoms with E-state index in [1.165, 1.54) is 12.1 Å². The van der Waals surface area contributed by atoms with Crippen molar-refractivity contribution in [3.63, 3.8) is 0 Å². The maximum atomic E-state index is 13.1. The maximum Gasteiger partial charge on any atom is 0.193 e. The van der Waals surface area contributed by atoms with Crippen LogP contribution in [0.4, 0.5) is 4.39 Å². The molecule has 2 rings (SSSR count). The van der Waals surface area contributed by atoms with Gasteiger partial charge in [0.15, 0.2) is 5.96 Å². The molecular weight excluding hydrogens is 319 g/mol. The number of methoxy groups -OCH3 is 1. The summed E-state index contributed by atoms with van der Waals surface area (Å²) >= 11 is 0. The summed E-state index contributed by atoms with van der Waals surface area (Å²) in [6.07, 6.45) is -0.139. The van der Waals surface area contributed by atoms with Crippen LogP contribution >= 0.6 is 0 Å². The van der Waals surface area contributed by atoms with Crippen LogP contribution in [0.25, 0.3) is 0 Å². The Bertz CT molecular complexity index is 539. The van der Waals surface area contributed by atoms with Crippen molar-refractivity contribution in [3.05, 3.63) is 35.6 Å². The second-order valence-electron chi connectivity index (χ2n) is 6.89. The van der Waals surface area contributed by atoms with Crippen LogP contribution in [0.5, 0.6) is 0 Å². The van der Waals surface area contributed by atoms with E-state index in [9.17, 15) is 4.39 Å². The maximum absolute atomic E-state index is 13.1. The van der Waals surface area contributed by atoms with Crippen molar-refractivity contribution >= 4 is 5.96 Å². The summed E-state index contributed by atoms with van der Waals surface area (Å²) in [7, 11) is 3.48. The van der Waals surface area contributed by atoms with E-state index in [4.69, 9.17) is 4.74 Å². The minimum atomic E-state index is -0.235. The molecule has 5 nitrogen and oxygen atoms in total. The van der Waals surface area contributed by atoms with Crippen LogP contribution < -0.4 is 5.32 Å². The summed E-state index contributed by atoms with van der Waals surface area (Å²) < 4.78 is 18.6. The average Bonchev–Trinajstić information content (AvgIpc) is 2.60. The third-order valence-corrected chi connectivity index (χ3v) is 4.48. The molecule has 1 heterocycles. The molecule has 1 fully saturated rings. The van der Waals surface area contributed by atoms with Crippen molar-refractivity contribution in [2.24, 2.45) is 10.9 Å². The van der Waals surface area contributed by atoms with E-state index in [-0.39, 0.29) is 11.9 Å². The summed E-state index contributed by atoms with van der Waals surface area (Å²) in [5.41, 5.74) is 0.952. The molecule has 6 heteroatoms. The Hall–Kier alpha value is -1.66. The number of rotatable bonds is 6. The first-order valence-electron chi connectivity index (χ1n) is 8.99. The Kier molecular flexibility index (Phi) is 7.65. The Labute approximate surface area is 150 Å². The van der Waals surface area contributed by atoms with E-state index in [0.29, 0.717) is 12.5 Å². The normalized spacial score (nSPS) is 17.8. The van der Waals surface area contributed by atoms with Crippen molar-refractivity contribution in [2.45, 2.75) is 20.0 Å². The highest BCUT2D eigenvalue weighted by Gasteiger charge is 2.21. The molecule has 140 valence electrons. The monoisotopic (exact) mass is 350 g/mol. The van der Waals surface area contributed by atoms with Gasteiger partial charge in [0, 0.05) is 53.4 Å². The van der Waals surface area contributed by atoms with Gasteiger partial charge in [-0.15, -0.1) is 0 Å². The van der Waals surface area contributed by atoms with Gasteiger partial charge in [-0.1, -0.05) is 26.0 Å². The zero-order valence-corrected chi connectivity index (χ0v) is 15.8. The summed E-state index contributed by atoms with van der Waals surface area (Å²) in [6.45, 7) is 10.3. The molecule has 1 aliphatic heterocycles. The lowest BCUT2D eigenvalue weighted by atomic mass is 10.1. The minimum Gasteiger partial charge on any atom is -0.375 e. The first-order chi connectivity index (χ1) is 12.0. The van der Waals surface area contributed by atoms with Gasteiger partial charge < -0.3 is 15.0 Å². The summed E-state index contributed by atoms with van der Waals surface area (Å²) in [6, 6.07) is 6.45. The van der Waals surface area contributed by atoms with E-state index in [1.54, 1.807) is 19.2 Å². The van der Waals surface area contributed by atoms with Gasteiger partial charge in [0.05, 0.1) is 6.10 Å². The molecule has 1 atom stereocenters. The number of guanidine groups is 1. The summed E-state index contributed by atoms with van der Waals surface area (Å²) in [4.78, 5) is 9.20. The zero-order valence-electron chi connectivity index (χ0n) is 15.8. The first-order valence-corrected chi connectivity index (χ1v) is 8.99. The molecule has 0 aromatic heterocycles.